The van der Waals surface area contributed by atoms with E-state index < -0.39 is 17.5 Å². The number of tetrazole rings is 1. The number of hydrogen-bond donors (Lipinski definition) is 0. The third kappa shape index (κ3) is 4.27. The van der Waals surface area contributed by atoms with Crippen LogP contribution in [-0.4, -0.2) is 49.9 Å². The van der Waals surface area contributed by atoms with Crippen molar-refractivity contribution in [2.75, 3.05) is 13.1 Å². The fourth-order valence-corrected chi connectivity index (χ4v) is 2.48. The summed E-state index contributed by atoms with van der Waals surface area (Å²) in [6, 6.07) is 3.49. The molecule has 0 spiro atoms. The van der Waals surface area contributed by atoms with Crippen LogP contribution in [0.5, 0.6) is 5.75 Å². The fraction of sp³-hybridized carbons (Fsp3) is 0.529. The molecule has 0 N–H and O–H groups in total. The van der Waals surface area contributed by atoms with Crippen molar-refractivity contribution in [3.63, 3.8) is 0 Å². The maximum Gasteiger partial charge on any atom is 0.377 e. The molecular formula is C17H24FN5O3. The van der Waals surface area contributed by atoms with Crippen molar-refractivity contribution in [3.8, 4) is 11.4 Å². The SMILES string of the molecule is CCCN(CCC)C(=O)n1nnn(-c2ccc(OC(C)C)c(F)c2)c1=O. The zero-order valence-corrected chi connectivity index (χ0v) is 15.5. The van der Waals surface area contributed by atoms with E-state index in [0.717, 1.165) is 23.6 Å². The number of ether oxygens (including phenoxy) is 1. The number of aromatic nitrogens is 4. The Morgan fingerprint density at radius 2 is 1.88 bits per heavy atom. The van der Waals surface area contributed by atoms with Crippen molar-refractivity contribution in [2.45, 2.75) is 46.6 Å². The minimum Gasteiger partial charge on any atom is -0.488 e. The number of carbonyl (C=O) groups excluding carboxylic acids is 1. The van der Waals surface area contributed by atoms with Gasteiger partial charge in [0.2, 0.25) is 0 Å². The largest absolute Gasteiger partial charge is 0.488 e. The summed E-state index contributed by atoms with van der Waals surface area (Å²) in [5.74, 6) is -0.542. The molecule has 2 aromatic rings. The minimum absolute atomic E-state index is 0.0809. The molecule has 2 rings (SSSR count). The van der Waals surface area contributed by atoms with Crippen molar-refractivity contribution in [1.29, 1.82) is 0 Å². The molecule has 1 amide bonds. The highest BCUT2D eigenvalue weighted by Gasteiger charge is 2.21. The first-order valence-electron chi connectivity index (χ1n) is 8.69. The smallest absolute Gasteiger partial charge is 0.377 e. The van der Waals surface area contributed by atoms with E-state index in [-0.39, 0.29) is 17.5 Å². The Morgan fingerprint density at radius 1 is 1.23 bits per heavy atom. The Morgan fingerprint density at radius 3 is 2.42 bits per heavy atom. The second kappa shape index (κ2) is 8.59. The predicted octanol–water partition coefficient (Wildman–Crippen LogP) is 2.45. The molecule has 0 fully saturated rings. The molecule has 8 nitrogen and oxygen atoms in total. The van der Waals surface area contributed by atoms with Gasteiger partial charge >= 0.3 is 11.7 Å². The van der Waals surface area contributed by atoms with Crippen molar-refractivity contribution >= 4 is 6.03 Å². The maximum absolute atomic E-state index is 14.2. The molecule has 0 saturated heterocycles. The number of nitrogens with zero attached hydrogens (tertiary/aromatic N) is 5. The molecule has 0 aliphatic carbocycles. The van der Waals surface area contributed by atoms with E-state index in [2.05, 4.69) is 10.4 Å². The van der Waals surface area contributed by atoms with Crippen LogP contribution in [0.2, 0.25) is 0 Å². The number of hydrogen-bond acceptors (Lipinski definition) is 5. The molecular weight excluding hydrogens is 341 g/mol. The van der Waals surface area contributed by atoms with E-state index >= 15 is 0 Å². The summed E-state index contributed by atoms with van der Waals surface area (Å²) in [6.07, 6.45) is 1.34. The molecule has 26 heavy (non-hydrogen) atoms. The van der Waals surface area contributed by atoms with E-state index in [1.165, 1.54) is 12.1 Å². The first-order chi connectivity index (χ1) is 12.4. The van der Waals surface area contributed by atoms with Gasteiger partial charge in [-0.2, -0.15) is 4.68 Å². The van der Waals surface area contributed by atoms with Gasteiger partial charge in [-0.3, -0.25) is 0 Å². The highest BCUT2D eigenvalue weighted by atomic mass is 19.1. The summed E-state index contributed by atoms with van der Waals surface area (Å²) in [4.78, 5) is 26.6. The Kier molecular flexibility index (Phi) is 6.48. The van der Waals surface area contributed by atoms with E-state index in [0.29, 0.717) is 17.8 Å². The lowest BCUT2D eigenvalue weighted by atomic mass is 10.3. The lowest BCUT2D eigenvalue weighted by molar-refractivity contribution is 0.194. The van der Waals surface area contributed by atoms with Crippen LogP contribution in [-0.2, 0) is 0 Å². The second-order valence-electron chi connectivity index (χ2n) is 6.14. The molecule has 0 unspecified atom stereocenters. The molecule has 1 heterocycles. The summed E-state index contributed by atoms with van der Waals surface area (Å²) in [6.45, 7) is 8.49. The number of amides is 1. The molecule has 9 heteroatoms. The van der Waals surface area contributed by atoms with E-state index in [1.807, 2.05) is 13.8 Å². The predicted molar refractivity (Wildman–Crippen MR) is 94.3 cm³/mol. The van der Waals surface area contributed by atoms with Crippen LogP contribution >= 0.6 is 0 Å². The van der Waals surface area contributed by atoms with Gasteiger partial charge in [0, 0.05) is 19.2 Å². The van der Waals surface area contributed by atoms with Crippen LogP contribution in [0.4, 0.5) is 9.18 Å². The average Bonchev–Trinajstić information content (AvgIpc) is 2.97. The Balaban J connectivity index is 2.32. The van der Waals surface area contributed by atoms with Gasteiger partial charge in [-0.15, -0.1) is 4.68 Å². The summed E-state index contributed by atoms with van der Waals surface area (Å²) in [5.41, 5.74) is -0.579. The summed E-state index contributed by atoms with van der Waals surface area (Å²) < 4.78 is 21.1. The highest BCUT2D eigenvalue weighted by molar-refractivity contribution is 5.75. The first-order valence-corrected chi connectivity index (χ1v) is 8.69. The third-order valence-electron chi connectivity index (χ3n) is 3.54. The number of rotatable bonds is 7. The average molecular weight is 365 g/mol. The minimum atomic E-state index is -0.746. The summed E-state index contributed by atoms with van der Waals surface area (Å²) in [7, 11) is 0. The van der Waals surface area contributed by atoms with E-state index in [4.69, 9.17) is 4.74 Å². The standard InChI is InChI=1S/C17H24FN5O3/c1-5-9-21(10-6-2)16(24)23-17(25)22(19-20-23)13-7-8-15(14(18)11-13)26-12(3)4/h7-8,11-12H,5-6,9-10H2,1-4H3. The van der Waals surface area contributed by atoms with Crippen molar-refractivity contribution in [1.82, 2.24) is 24.7 Å². The van der Waals surface area contributed by atoms with Crippen molar-refractivity contribution < 1.29 is 13.9 Å². The van der Waals surface area contributed by atoms with Gasteiger partial charge in [0.15, 0.2) is 11.6 Å². The molecule has 0 atom stereocenters. The van der Waals surface area contributed by atoms with Crippen molar-refractivity contribution in [2.24, 2.45) is 0 Å². The van der Waals surface area contributed by atoms with Gasteiger partial charge in [-0.05, 0) is 49.2 Å². The molecule has 1 aromatic carbocycles. The number of halogens is 1. The molecule has 0 radical (unpaired) electrons. The van der Waals surface area contributed by atoms with Crippen LogP contribution < -0.4 is 10.4 Å². The van der Waals surface area contributed by atoms with E-state index in [1.54, 1.807) is 18.7 Å². The molecule has 1 aromatic heterocycles. The fourth-order valence-electron chi connectivity index (χ4n) is 2.48. The zero-order valence-electron chi connectivity index (χ0n) is 15.5. The first kappa shape index (κ1) is 19.6. The van der Waals surface area contributed by atoms with Gasteiger partial charge in [0.25, 0.3) is 0 Å². The molecule has 0 aliphatic rings. The highest BCUT2D eigenvalue weighted by Crippen LogP contribution is 2.20. The summed E-state index contributed by atoms with van der Waals surface area (Å²) in [5, 5.41) is 7.35. The lowest BCUT2D eigenvalue weighted by Gasteiger charge is -2.19. The zero-order chi connectivity index (χ0) is 19.3. The monoisotopic (exact) mass is 365 g/mol. The van der Waals surface area contributed by atoms with Gasteiger partial charge in [-0.1, -0.05) is 13.8 Å². The van der Waals surface area contributed by atoms with Gasteiger partial charge in [-0.25, -0.2) is 14.0 Å². The molecule has 0 saturated carbocycles. The Hall–Kier alpha value is -2.71. The van der Waals surface area contributed by atoms with Crippen LogP contribution in [0.15, 0.2) is 23.0 Å². The lowest BCUT2D eigenvalue weighted by Crippen LogP contribution is -2.41. The van der Waals surface area contributed by atoms with Crippen molar-refractivity contribution in [3.05, 3.63) is 34.5 Å². The Labute approximate surface area is 151 Å². The molecule has 0 bridgehead atoms. The molecule has 142 valence electrons. The topological polar surface area (TPSA) is 82.2 Å². The van der Waals surface area contributed by atoms with Gasteiger partial charge in [0.1, 0.15) is 0 Å². The molecule has 0 aliphatic heterocycles. The van der Waals surface area contributed by atoms with Crippen LogP contribution in [0.25, 0.3) is 5.69 Å². The van der Waals surface area contributed by atoms with E-state index in [9.17, 15) is 14.0 Å². The maximum atomic E-state index is 14.2. The summed E-state index contributed by atoms with van der Waals surface area (Å²) >= 11 is 0. The second-order valence-corrected chi connectivity index (χ2v) is 6.14. The quantitative estimate of drug-likeness (QED) is 0.704. The van der Waals surface area contributed by atoms with Gasteiger partial charge < -0.3 is 9.64 Å². The normalized spacial score (nSPS) is 11.0. The number of carbonyl (C=O) groups is 1. The number of benzene rings is 1. The third-order valence-corrected chi connectivity index (χ3v) is 3.54. The Bertz CT molecular complexity index is 809. The van der Waals surface area contributed by atoms with Crippen LogP contribution in [0, 0.1) is 5.82 Å². The van der Waals surface area contributed by atoms with Crippen LogP contribution in [0.1, 0.15) is 40.5 Å². The van der Waals surface area contributed by atoms with Gasteiger partial charge in [0.05, 0.1) is 11.8 Å². The van der Waals surface area contributed by atoms with Crippen LogP contribution in [0.3, 0.4) is 0 Å².